The Morgan fingerprint density at radius 1 is 1.47 bits per heavy atom. The zero-order chi connectivity index (χ0) is 14.3. The number of nitrogens with one attached hydrogen (secondary N) is 2. The van der Waals surface area contributed by atoms with Crippen LogP contribution in [0.2, 0.25) is 0 Å². The molecule has 0 aliphatic heterocycles. The van der Waals surface area contributed by atoms with E-state index >= 15 is 0 Å². The van der Waals surface area contributed by atoms with Crippen molar-refractivity contribution in [2.75, 3.05) is 25.0 Å². The molecule has 0 bridgehead atoms. The summed E-state index contributed by atoms with van der Waals surface area (Å²) in [6, 6.07) is 1.12. The number of primary amides is 1. The lowest BCUT2D eigenvalue weighted by Gasteiger charge is -2.09. The molecular formula is C11H17N5O3. The van der Waals surface area contributed by atoms with Gasteiger partial charge >= 0.3 is 0 Å². The van der Waals surface area contributed by atoms with Crippen LogP contribution in [0.5, 0.6) is 0 Å². The Kier molecular flexibility index (Phi) is 5.68. The van der Waals surface area contributed by atoms with Crippen molar-refractivity contribution in [3.05, 3.63) is 27.9 Å². The van der Waals surface area contributed by atoms with Crippen LogP contribution in [-0.4, -0.2) is 35.4 Å². The van der Waals surface area contributed by atoms with E-state index in [9.17, 15) is 14.9 Å². The number of aromatic nitrogens is 1. The molecular weight excluding hydrogens is 250 g/mol. The van der Waals surface area contributed by atoms with Crippen LogP contribution < -0.4 is 16.4 Å². The van der Waals surface area contributed by atoms with Crippen molar-refractivity contribution in [2.24, 2.45) is 5.73 Å². The minimum atomic E-state index is -0.750. The first kappa shape index (κ1) is 14.8. The first-order valence-corrected chi connectivity index (χ1v) is 5.95. The van der Waals surface area contributed by atoms with Crippen LogP contribution in [0.1, 0.15) is 23.7 Å². The number of hydrogen-bond acceptors (Lipinski definition) is 6. The predicted octanol–water partition coefficient (Wildman–Crippen LogP) is 0.500. The molecule has 1 rings (SSSR count). The van der Waals surface area contributed by atoms with Gasteiger partial charge < -0.3 is 16.4 Å². The molecule has 0 aliphatic rings. The van der Waals surface area contributed by atoms with Crippen molar-refractivity contribution in [2.45, 2.75) is 13.3 Å². The number of rotatable bonds is 8. The van der Waals surface area contributed by atoms with E-state index < -0.39 is 10.8 Å². The number of pyridine rings is 1. The lowest BCUT2D eigenvalue weighted by atomic mass is 10.2. The van der Waals surface area contributed by atoms with Crippen molar-refractivity contribution in [3.8, 4) is 0 Å². The van der Waals surface area contributed by atoms with Crippen LogP contribution in [0.3, 0.4) is 0 Å². The summed E-state index contributed by atoms with van der Waals surface area (Å²) in [4.78, 5) is 25.1. The molecule has 19 heavy (non-hydrogen) atoms. The van der Waals surface area contributed by atoms with Gasteiger partial charge in [0, 0.05) is 19.2 Å². The third-order valence-electron chi connectivity index (χ3n) is 2.37. The number of nitro groups is 1. The van der Waals surface area contributed by atoms with E-state index in [-0.39, 0.29) is 17.1 Å². The summed E-state index contributed by atoms with van der Waals surface area (Å²) in [5, 5.41) is 16.7. The maximum atomic E-state index is 11.2. The van der Waals surface area contributed by atoms with Crippen LogP contribution in [-0.2, 0) is 0 Å². The first-order valence-electron chi connectivity index (χ1n) is 5.95. The van der Waals surface area contributed by atoms with Crippen molar-refractivity contribution >= 4 is 17.4 Å². The van der Waals surface area contributed by atoms with Gasteiger partial charge in [-0.15, -0.1) is 0 Å². The van der Waals surface area contributed by atoms with Gasteiger partial charge in [-0.1, -0.05) is 6.92 Å². The Morgan fingerprint density at radius 2 is 2.21 bits per heavy atom. The first-order chi connectivity index (χ1) is 9.06. The molecule has 0 spiro atoms. The molecule has 8 nitrogen and oxygen atoms in total. The van der Waals surface area contributed by atoms with E-state index in [2.05, 4.69) is 22.5 Å². The van der Waals surface area contributed by atoms with Gasteiger partial charge in [-0.25, -0.2) is 4.98 Å². The van der Waals surface area contributed by atoms with E-state index in [1.54, 1.807) is 0 Å². The highest BCUT2D eigenvalue weighted by Crippen LogP contribution is 2.18. The van der Waals surface area contributed by atoms with Gasteiger partial charge in [0.15, 0.2) is 0 Å². The SMILES string of the molecule is CCCNCCNc1ncc([N+](=O)[O-])cc1C(N)=O. The highest BCUT2D eigenvalue weighted by molar-refractivity contribution is 5.98. The fourth-order valence-corrected chi connectivity index (χ4v) is 1.45. The normalized spacial score (nSPS) is 10.2. The highest BCUT2D eigenvalue weighted by Gasteiger charge is 2.15. The molecule has 1 aromatic rings. The van der Waals surface area contributed by atoms with Crippen LogP contribution in [0, 0.1) is 10.1 Å². The van der Waals surface area contributed by atoms with E-state index in [4.69, 9.17) is 5.73 Å². The maximum Gasteiger partial charge on any atom is 0.288 e. The molecule has 4 N–H and O–H groups in total. The molecule has 1 amide bonds. The molecule has 104 valence electrons. The van der Waals surface area contributed by atoms with E-state index in [0.717, 1.165) is 25.2 Å². The van der Waals surface area contributed by atoms with Gasteiger partial charge in [-0.05, 0) is 13.0 Å². The van der Waals surface area contributed by atoms with Gasteiger partial charge in [0.2, 0.25) is 0 Å². The smallest absolute Gasteiger partial charge is 0.288 e. The third-order valence-corrected chi connectivity index (χ3v) is 2.37. The number of nitrogens with two attached hydrogens (primary N) is 1. The zero-order valence-electron chi connectivity index (χ0n) is 10.7. The van der Waals surface area contributed by atoms with Crippen molar-refractivity contribution in [3.63, 3.8) is 0 Å². The van der Waals surface area contributed by atoms with Crippen LogP contribution in [0.15, 0.2) is 12.3 Å². The Balaban J connectivity index is 2.71. The fourth-order valence-electron chi connectivity index (χ4n) is 1.45. The Bertz CT molecular complexity index is 464. The molecule has 0 unspecified atom stereocenters. The molecule has 0 aliphatic carbocycles. The maximum absolute atomic E-state index is 11.2. The molecule has 1 aromatic heterocycles. The molecule has 0 aromatic carbocycles. The molecule has 0 atom stereocenters. The third kappa shape index (κ3) is 4.51. The van der Waals surface area contributed by atoms with Gasteiger partial charge in [-0.2, -0.15) is 0 Å². The van der Waals surface area contributed by atoms with Gasteiger partial charge in [0.25, 0.3) is 11.6 Å². The minimum absolute atomic E-state index is 0.0182. The summed E-state index contributed by atoms with van der Waals surface area (Å²) in [6.07, 6.45) is 2.12. The standard InChI is InChI=1S/C11H17N5O3/c1-2-3-13-4-5-14-11-9(10(12)17)6-8(7-15-11)16(18)19/h6-7,13H,2-5H2,1H3,(H2,12,17)(H,14,15). The van der Waals surface area contributed by atoms with Crippen LogP contribution >= 0.6 is 0 Å². The summed E-state index contributed by atoms with van der Waals surface area (Å²) >= 11 is 0. The summed E-state index contributed by atoms with van der Waals surface area (Å²) in [5.41, 5.74) is 4.94. The molecule has 0 fully saturated rings. The second kappa shape index (κ2) is 7.27. The second-order valence-corrected chi connectivity index (χ2v) is 3.89. The van der Waals surface area contributed by atoms with E-state index in [1.807, 2.05) is 0 Å². The Morgan fingerprint density at radius 3 is 2.79 bits per heavy atom. The summed E-state index contributed by atoms with van der Waals surface area (Å²) in [5.74, 6) is -0.489. The minimum Gasteiger partial charge on any atom is -0.368 e. The molecule has 0 radical (unpaired) electrons. The average Bonchev–Trinajstić information content (AvgIpc) is 2.38. The number of nitrogens with zero attached hydrogens (tertiary/aromatic N) is 2. The quantitative estimate of drug-likeness (QED) is 0.358. The molecule has 8 heteroatoms. The van der Waals surface area contributed by atoms with Crippen LogP contribution in [0.25, 0.3) is 0 Å². The summed E-state index contributed by atoms with van der Waals surface area (Å²) in [6.45, 7) is 4.21. The fraction of sp³-hybridized carbons (Fsp3) is 0.455. The summed E-state index contributed by atoms with van der Waals surface area (Å²) < 4.78 is 0. The summed E-state index contributed by atoms with van der Waals surface area (Å²) in [7, 11) is 0. The Labute approximate surface area is 110 Å². The number of amides is 1. The van der Waals surface area contributed by atoms with Crippen molar-refractivity contribution in [1.29, 1.82) is 0 Å². The van der Waals surface area contributed by atoms with Crippen LogP contribution in [0.4, 0.5) is 11.5 Å². The number of carbonyl (C=O) groups excluding carboxylic acids is 1. The van der Waals surface area contributed by atoms with E-state index in [0.29, 0.717) is 13.1 Å². The number of anilines is 1. The topological polar surface area (TPSA) is 123 Å². The predicted molar refractivity (Wildman–Crippen MR) is 71.1 cm³/mol. The highest BCUT2D eigenvalue weighted by atomic mass is 16.6. The Hall–Kier alpha value is -2.22. The van der Waals surface area contributed by atoms with E-state index in [1.165, 1.54) is 0 Å². The van der Waals surface area contributed by atoms with Crippen molar-refractivity contribution in [1.82, 2.24) is 10.3 Å². The molecule has 0 saturated heterocycles. The largest absolute Gasteiger partial charge is 0.368 e. The zero-order valence-corrected chi connectivity index (χ0v) is 10.7. The number of carbonyl (C=O) groups is 1. The lowest BCUT2D eigenvalue weighted by molar-refractivity contribution is -0.385. The van der Waals surface area contributed by atoms with Gasteiger partial charge in [0.1, 0.15) is 12.0 Å². The monoisotopic (exact) mass is 267 g/mol. The lowest BCUT2D eigenvalue weighted by Crippen LogP contribution is -2.24. The second-order valence-electron chi connectivity index (χ2n) is 3.89. The average molecular weight is 267 g/mol. The van der Waals surface area contributed by atoms with Crippen molar-refractivity contribution < 1.29 is 9.72 Å². The van der Waals surface area contributed by atoms with Gasteiger partial charge in [-0.3, -0.25) is 14.9 Å². The molecule has 0 saturated carbocycles. The van der Waals surface area contributed by atoms with Gasteiger partial charge in [0.05, 0.1) is 10.5 Å². The number of hydrogen-bond donors (Lipinski definition) is 3. The molecule has 1 heterocycles.